The lowest BCUT2D eigenvalue weighted by molar-refractivity contribution is -0.871. The van der Waals surface area contributed by atoms with Crippen molar-refractivity contribution in [1.29, 1.82) is 0 Å². The van der Waals surface area contributed by atoms with Gasteiger partial charge in [-0.1, -0.05) is 96.8 Å². The van der Waals surface area contributed by atoms with Crippen LogP contribution in [0.2, 0.25) is 0 Å². The van der Waals surface area contributed by atoms with Crippen LogP contribution in [0.25, 0.3) is 0 Å². The monoisotopic (exact) mass is 526 g/mol. The van der Waals surface area contributed by atoms with Crippen molar-refractivity contribution in [3.05, 3.63) is 0 Å². The molecule has 0 saturated heterocycles. The second-order valence-electron chi connectivity index (χ2n) is 11.0. The van der Waals surface area contributed by atoms with Gasteiger partial charge in [0.15, 0.2) is 0 Å². The zero-order chi connectivity index (χ0) is 26.6. The first-order valence-corrected chi connectivity index (χ1v) is 15.6. The fourth-order valence-electron chi connectivity index (χ4n) is 3.91. The molecule has 35 heavy (non-hydrogen) atoms. The molecule has 0 saturated carbocycles. The number of quaternary nitrogens is 1. The number of likely N-dealkylation sites (N-methyl/N-ethyl adjacent to an activating group) is 1. The Balaban J connectivity index is 3.74. The fourth-order valence-corrected chi connectivity index (χ4v) is 4.42. The molecular weight excluding hydrogens is 469 g/mol. The highest BCUT2D eigenvalue weighted by molar-refractivity contribution is 7.52. The lowest BCUT2D eigenvalue weighted by atomic mass is 10.0. The minimum atomic E-state index is -5.04. The van der Waals surface area contributed by atoms with Crippen molar-refractivity contribution in [2.75, 3.05) is 40.9 Å². The van der Waals surface area contributed by atoms with Gasteiger partial charge in [0.1, 0.15) is 13.2 Å². The van der Waals surface area contributed by atoms with E-state index in [1.54, 1.807) is 0 Å². The normalized spacial score (nSPS) is 15.3. The summed E-state index contributed by atoms with van der Waals surface area (Å²) < 4.78 is 22.2. The predicted molar refractivity (Wildman–Crippen MR) is 142 cm³/mol. The number of hydrogen-bond acceptors (Lipinski definition) is 5. The first-order valence-electron chi connectivity index (χ1n) is 14.0. The summed E-state index contributed by atoms with van der Waals surface area (Å²) in [6, 6.07) is 0. The van der Waals surface area contributed by atoms with E-state index in [4.69, 9.17) is 9.47 Å². The number of unbranched alkanes of at least 4 members (excludes halogenated alkanes) is 13. The summed E-state index contributed by atoms with van der Waals surface area (Å²) in [6.45, 7) is 2.53. The Kier molecular flexibility index (Phi) is 20.0. The Morgan fingerprint density at radius 3 is 1.54 bits per heavy atom. The molecule has 9 heteroatoms. The third-order valence-electron chi connectivity index (χ3n) is 6.28. The van der Waals surface area contributed by atoms with E-state index in [0.717, 1.165) is 12.8 Å². The Labute approximate surface area is 215 Å². The molecule has 0 bridgehead atoms. The molecule has 2 unspecified atom stereocenters. The summed E-state index contributed by atoms with van der Waals surface area (Å²) in [4.78, 5) is 18.9. The Bertz CT molecular complexity index is 538. The van der Waals surface area contributed by atoms with E-state index >= 15 is 0 Å². The average Bonchev–Trinajstić information content (AvgIpc) is 2.75. The topological polar surface area (TPSA) is 116 Å². The molecule has 8 nitrogen and oxygen atoms in total. The van der Waals surface area contributed by atoms with Crippen LogP contribution in [0.3, 0.4) is 0 Å². The van der Waals surface area contributed by atoms with Crippen molar-refractivity contribution >= 4 is 7.60 Å². The minimum Gasteiger partial charge on any atom is -0.393 e. The molecule has 0 aliphatic carbocycles. The molecule has 0 aromatic carbocycles. The van der Waals surface area contributed by atoms with Gasteiger partial charge < -0.3 is 34.0 Å². The van der Waals surface area contributed by atoms with Gasteiger partial charge in [-0.3, -0.25) is 4.57 Å². The van der Waals surface area contributed by atoms with E-state index in [1.807, 2.05) is 21.1 Å². The van der Waals surface area contributed by atoms with Gasteiger partial charge in [0, 0.05) is 0 Å². The largest absolute Gasteiger partial charge is 0.414 e. The minimum absolute atomic E-state index is 0.0626. The molecule has 0 heterocycles. The molecule has 0 rings (SSSR count). The van der Waals surface area contributed by atoms with E-state index in [0.29, 0.717) is 30.3 Å². The van der Waals surface area contributed by atoms with Crippen LogP contribution in [0, 0.1) is 0 Å². The van der Waals surface area contributed by atoms with Crippen LogP contribution in [0.1, 0.15) is 116 Å². The van der Waals surface area contributed by atoms with E-state index in [2.05, 4.69) is 6.92 Å². The Morgan fingerprint density at radius 2 is 1.11 bits per heavy atom. The lowest BCUT2D eigenvalue weighted by Gasteiger charge is -2.30. The van der Waals surface area contributed by atoms with E-state index in [1.165, 1.54) is 77.0 Å². The van der Waals surface area contributed by atoms with Gasteiger partial charge in [-0.25, -0.2) is 0 Å². The van der Waals surface area contributed by atoms with Gasteiger partial charge in [0.05, 0.1) is 33.9 Å². The molecule has 212 valence electrons. The van der Waals surface area contributed by atoms with Crippen LogP contribution >= 0.6 is 7.60 Å². The quantitative estimate of drug-likeness (QED) is 0.0536. The summed E-state index contributed by atoms with van der Waals surface area (Å²) in [5, 5.41) is 20.3. The maximum Gasteiger partial charge on any atom is 0.414 e. The number of hydrogen-bond donors (Lipinski definition) is 4. The summed E-state index contributed by atoms with van der Waals surface area (Å²) in [6.07, 6.45) is 19.2. The van der Waals surface area contributed by atoms with Crippen LogP contribution in [-0.2, 0) is 14.0 Å². The number of aliphatic hydroxyl groups is 2. The second-order valence-corrected chi connectivity index (χ2v) is 12.6. The zero-order valence-corrected chi connectivity index (χ0v) is 24.0. The van der Waals surface area contributed by atoms with Crippen molar-refractivity contribution < 1.29 is 38.5 Å². The Hall–Kier alpha value is -0.0500. The zero-order valence-electron chi connectivity index (χ0n) is 23.1. The first kappa shape index (κ1) is 35.0. The van der Waals surface area contributed by atoms with E-state index < -0.39 is 19.4 Å². The third-order valence-corrected chi connectivity index (χ3v) is 7.28. The van der Waals surface area contributed by atoms with Crippen LogP contribution < -0.4 is 0 Å². The molecular formula is C26H57NO7P+. The molecule has 0 aromatic heterocycles. The molecule has 0 amide bonds. The smallest absolute Gasteiger partial charge is 0.393 e. The second kappa shape index (κ2) is 20.0. The lowest BCUT2D eigenvalue weighted by Crippen LogP contribution is -2.42. The molecule has 2 atom stereocenters. The highest BCUT2D eigenvalue weighted by Gasteiger charge is 2.49. The number of aliphatic hydroxyl groups excluding tert-OH is 1. The van der Waals surface area contributed by atoms with Crippen molar-refractivity contribution in [3.8, 4) is 0 Å². The number of nitrogens with zero attached hydrogens (tertiary/aromatic N) is 1. The van der Waals surface area contributed by atoms with Crippen LogP contribution in [-0.4, -0.2) is 77.2 Å². The van der Waals surface area contributed by atoms with Crippen LogP contribution in [0.5, 0.6) is 0 Å². The number of rotatable bonds is 25. The summed E-state index contributed by atoms with van der Waals surface area (Å²) in [5.41, 5.74) is -2.94. The maximum atomic E-state index is 11.6. The standard InChI is InChI=1S/C26H56NO7P/c1-5-6-7-8-9-10-11-12-13-14-15-16-17-18-20-25(28)21-19-23-33-26(29,35(30,31)32)34-24-22-27(2,3)4/h25,28-29H,5-24H2,1-4H3,(H-,30,31,32)/p+1. The molecule has 0 radical (unpaired) electrons. The van der Waals surface area contributed by atoms with Gasteiger partial charge in [0.2, 0.25) is 0 Å². The first-order chi connectivity index (χ1) is 16.4. The van der Waals surface area contributed by atoms with Crippen molar-refractivity contribution in [1.82, 2.24) is 0 Å². The summed E-state index contributed by atoms with van der Waals surface area (Å²) in [7, 11) is 0.672. The van der Waals surface area contributed by atoms with E-state index in [9.17, 15) is 24.6 Å². The molecule has 0 fully saturated rings. The number of ether oxygens (including phenoxy) is 2. The Morgan fingerprint density at radius 1 is 0.714 bits per heavy atom. The van der Waals surface area contributed by atoms with Gasteiger partial charge >= 0.3 is 13.3 Å². The highest BCUT2D eigenvalue weighted by Crippen LogP contribution is 2.50. The van der Waals surface area contributed by atoms with Gasteiger partial charge in [-0.2, -0.15) is 0 Å². The molecule has 0 aliphatic heterocycles. The molecule has 0 aromatic rings. The summed E-state index contributed by atoms with van der Waals surface area (Å²) >= 11 is 0. The van der Waals surface area contributed by atoms with Gasteiger partial charge in [-0.15, -0.1) is 0 Å². The van der Waals surface area contributed by atoms with Crippen molar-refractivity contribution in [2.45, 2.75) is 128 Å². The van der Waals surface area contributed by atoms with Gasteiger partial charge in [0.25, 0.3) is 0 Å². The SMILES string of the molecule is CCCCCCCCCCCCCCCCC(O)CCCOC(O)(OCC[N+](C)(C)C)P(=O)(O)O. The molecule has 4 N–H and O–H groups in total. The van der Waals surface area contributed by atoms with Gasteiger partial charge in [-0.05, 0) is 19.3 Å². The van der Waals surface area contributed by atoms with Crippen LogP contribution in [0.4, 0.5) is 0 Å². The fraction of sp³-hybridized carbons (Fsp3) is 1.00. The molecule has 0 spiro atoms. The summed E-state index contributed by atoms with van der Waals surface area (Å²) in [5.74, 6) is 0. The van der Waals surface area contributed by atoms with Crippen LogP contribution in [0.15, 0.2) is 0 Å². The predicted octanol–water partition coefficient (Wildman–Crippen LogP) is 5.52. The average molecular weight is 527 g/mol. The highest BCUT2D eigenvalue weighted by atomic mass is 31.2. The van der Waals surface area contributed by atoms with E-state index in [-0.39, 0.29) is 13.2 Å². The van der Waals surface area contributed by atoms with Crippen molar-refractivity contribution in [3.63, 3.8) is 0 Å². The third kappa shape index (κ3) is 20.7. The molecule has 0 aliphatic rings. The maximum absolute atomic E-state index is 11.6. The van der Waals surface area contributed by atoms with Crippen molar-refractivity contribution in [2.24, 2.45) is 0 Å².